The number of rotatable bonds is 6. The number of carbonyl (C=O) groups excluding carboxylic acids is 3. The Morgan fingerprint density at radius 1 is 0.947 bits per heavy atom. The van der Waals surface area contributed by atoms with Gasteiger partial charge in [0.05, 0.1) is 12.5 Å². The van der Waals surface area contributed by atoms with E-state index in [9.17, 15) is 14.4 Å². The highest BCUT2D eigenvalue weighted by Gasteiger charge is 2.29. The van der Waals surface area contributed by atoms with Crippen LogP contribution in [-0.4, -0.2) is 42.6 Å². The van der Waals surface area contributed by atoms with E-state index in [4.69, 9.17) is 13.9 Å². The molecule has 0 bridgehead atoms. The summed E-state index contributed by atoms with van der Waals surface area (Å²) in [6, 6.07) is 23.4. The van der Waals surface area contributed by atoms with Crippen LogP contribution >= 0.6 is 0 Å². The number of nitrogens with one attached hydrogen (secondary N) is 1. The van der Waals surface area contributed by atoms with Crippen molar-refractivity contribution in [1.82, 2.24) is 4.90 Å². The van der Waals surface area contributed by atoms with Crippen molar-refractivity contribution in [2.24, 2.45) is 5.92 Å². The van der Waals surface area contributed by atoms with Crippen molar-refractivity contribution in [2.45, 2.75) is 19.8 Å². The fourth-order valence-electron chi connectivity index (χ4n) is 4.58. The number of para-hydroxylation sites is 1. The van der Waals surface area contributed by atoms with Gasteiger partial charge in [-0.15, -0.1) is 0 Å². The molecular weight excluding hydrogens is 484 g/mol. The zero-order chi connectivity index (χ0) is 26.5. The Kier molecular flexibility index (Phi) is 7.40. The van der Waals surface area contributed by atoms with E-state index in [0.29, 0.717) is 54.0 Å². The van der Waals surface area contributed by atoms with Crippen LogP contribution in [0.1, 0.15) is 30.1 Å². The van der Waals surface area contributed by atoms with Crippen LogP contribution in [0.3, 0.4) is 0 Å². The van der Waals surface area contributed by atoms with Crippen molar-refractivity contribution in [1.29, 1.82) is 0 Å². The molecular formula is C30H28N2O6. The molecule has 1 aliphatic heterocycles. The van der Waals surface area contributed by atoms with Gasteiger partial charge in [0.2, 0.25) is 0 Å². The first-order valence-electron chi connectivity index (χ1n) is 12.6. The number of benzene rings is 3. The van der Waals surface area contributed by atoms with Gasteiger partial charge < -0.3 is 24.1 Å². The molecule has 0 atom stereocenters. The molecule has 2 amide bonds. The molecule has 0 unspecified atom stereocenters. The molecule has 1 aromatic heterocycles. The number of ether oxygens (including phenoxy) is 2. The zero-order valence-corrected chi connectivity index (χ0v) is 21.0. The van der Waals surface area contributed by atoms with E-state index in [-0.39, 0.29) is 24.5 Å². The number of anilines is 1. The van der Waals surface area contributed by atoms with Gasteiger partial charge in [0, 0.05) is 29.7 Å². The summed E-state index contributed by atoms with van der Waals surface area (Å²) >= 11 is 0. The molecule has 1 fully saturated rings. The summed E-state index contributed by atoms with van der Waals surface area (Å²) in [7, 11) is 0. The summed E-state index contributed by atoms with van der Waals surface area (Å²) in [5, 5.41) is 3.39. The summed E-state index contributed by atoms with van der Waals surface area (Å²) in [4.78, 5) is 40.1. The highest BCUT2D eigenvalue weighted by molar-refractivity contribution is 6.09. The number of esters is 2. The Morgan fingerprint density at radius 3 is 2.32 bits per heavy atom. The number of hydrogen-bond donors (Lipinski definition) is 1. The largest absolute Gasteiger partial charge is 0.462 e. The number of carbonyl (C=O) groups is 3. The molecule has 8 heteroatoms. The lowest BCUT2D eigenvalue weighted by Crippen LogP contribution is -2.43. The smallest absolute Gasteiger partial charge is 0.342 e. The summed E-state index contributed by atoms with van der Waals surface area (Å²) in [6.45, 7) is 2.86. The van der Waals surface area contributed by atoms with Crippen molar-refractivity contribution < 1.29 is 28.3 Å². The lowest BCUT2D eigenvalue weighted by Gasteiger charge is -2.30. The third kappa shape index (κ3) is 5.39. The van der Waals surface area contributed by atoms with Crippen LogP contribution in [0.15, 0.2) is 83.3 Å². The number of likely N-dealkylation sites (tertiary alicyclic amines) is 1. The maximum Gasteiger partial charge on any atom is 0.342 e. The summed E-state index contributed by atoms with van der Waals surface area (Å²) in [6.07, 6.45) is 1.00. The van der Waals surface area contributed by atoms with E-state index in [1.54, 1.807) is 30.0 Å². The number of nitrogens with zero attached hydrogens (tertiary/aromatic N) is 1. The molecule has 5 rings (SSSR count). The Morgan fingerprint density at radius 2 is 1.63 bits per heavy atom. The molecule has 8 nitrogen and oxygen atoms in total. The van der Waals surface area contributed by atoms with Crippen LogP contribution in [0.4, 0.5) is 10.5 Å². The van der Waals surface area contributed by atoms with Crippen LogP contribution in [0.2, 0.25) is 0 Å². The third-order valence-corrected chi connectivity index (χ3v) is 6.53. The van der Waals surface area contributed by atoms with E-state index in [0.717, 1.165) is 11.3 Å². The lowest BCUT2D eigenvalue weighted by atomic mass is 9.97. The number of fused-ring (bicyclic) bond motifs is 1. The minimum atomic E-state index is -0.505. The molecule has 0 radical (unpaired) electrons. The second kappa shape index (κ2) is 11.2. The van der Waals surface area contributed by atoms with E-state index < -0.39 is 5.97 Å². The van der Waals surface area contributed by atoms with Gasteiger partial charge in [-0.05, 0) is 50.1 Å². The number of amides is 2. The van der Waals surface area contributed by atoms with Gasteiger partial charge in [-0.25, -0.2) is 9.59 Å². The predicted octanol–water partition coefficient (Wildman–Crippen LogP) is 6.13. The first-order valence-corrected chi connectivity index (χ1v) is 12.6. The predicted molar refractivity (Wildman–Crippen MR) is 143 cm³/mol. The van der Waals surface area contributed by atoms with Gasteiger partial charge in [-0.1, -0.05) is 48.5 Å². The Balaban J connectivity index is 1.28. The van der Waals surface area contributed by atoms with Crippen LogP contribution in [-0.2, 0) is 9.53 Å². The second-order valence-corrected chi connectivity index (χ2v) is 9.03. The van der Waals surface area contributed by atoms with Crippen molar-refractivity contribution in [3.63, 3.8) is 0 Å². The normalized spacial score (nSPS) is 13.8. The summed E-state index contributed by atoms with van der Waals surface area (Å²) < 4.78 is 17.0. The number of hydrogen-bond acceptors (Lipinski definition) is 6. The fourth-order valence-corrected chi connectivity index (χ4v) is 4.58. The van der Waals surface area contributed by atoms with Crippen LogP contribution in [0.5, 0.6) is 5.75 Å². The van der Waals surface area contributed by atoms with Crippen molar-refractivity contribution >= 4 is 34.6 Å². The average Bonchev–Trinajstić information content (AvgIpc) is 3.33. The minimum absolute atomic E-state index is 0.186. The molecule has 0 spiro atoms. The van der Waals surface area contributed by atoms with Crippen LogP contribution in [0, 0.1) is 5.92 Å². The molecule has 1 N–H and O–H groups in total. The number of urea groups is 1. The molecule has 1 aliphatic rings. The Hall–Kier alpha value is -4.59. The average molecular weight is 513 g/mol. The number of piperidine rings is 1. The van der Waals surface area contributed by atoms with Crippen LogP contribution < -0.4 is 10.1 Å². The Bertz CT molecular complexity index is 1440. The second-order valence-electron chi connectivity index (χ2n) is 9.03. The summed E-state index contributed by atoms with van der Waals surface area (Å²) in [5.41, 5.74) is 2.26. The standard InChI is InChI=1S/C30H28N2O6/c1-2-36-29(34)26-24-19-23(13-14-25(24)38-27(26)20-9-5-3-6-10-20)37-28(33)21-15-17-32(18-16-21)30(35)31-22-11-7-4-8-12-22/h3-14,19,21H,2,15-18H2,1H3,(H,31,35). The quantitative estimate of drug-likeness (QED) is 0.247. The van der Waals surface area contributed by atoms with Gasteiger partial charge in [-0.2, -0.15) is 0 Å². The highest BCUT2D eigenvalue weighted by Crippen LogP contribution is 2.36. The maximum absolute atomic E-state index is 13.0. The van der Waals surface area contributed by atoms with E-state index in [1.165, 1.54) is 0 Å². The van der Waals surface area contributed by atoms with Crippen molar-refractivity contribution in [2.75, 3.05) is 25.0 Å². The first kappa shape index (κ1) is 25.1. The van der Waals surface area contributed by atoms with Gasteiger partial charge >= 0.3 is 18.0 Å². The summed E-state index contributed by atoms with van der Waals surface area (Å²) in [5.74, 6) is -0.478. The minimum Gasteiger partial charge on any atom is -0.462 e. The van der Waals surface area contributed by atoms with Crippen molar-refractivity contribution in [3.8, 4) is 17.1 Å². The highest BCUT2D eigenvalue weighted by atomic mass is 16.5. The molecule has 0 aliphatic carbocycles. The lowest BCUT2D eigenvalue weighted by molar-refractivity contribution is -0.140. The van der Waals surface area contributed by atoms with Gasteiger partial charge in [0.25, 0.3) is 0 Å². The first-order chi connectivity index (χ1) is 18.5. The third-order valence-electron chi connectivity index (χ3n) is 6.53. The van der Waals surface area contributed by atoms with Gasteiger partial charge in [-0.3, -0.25) is 4.79 Å². The molecule has 2 heterocycles. The Labute approximate surface area is 220 Å². The van der Waals surface area contributed by atoms with E-state index in [2.05, 4.69) is 5.32 Å². The van der Waals surface area contributed by atoms with Gasteiger partial charge in [0.15, 0.2) is 0 Å². The number of furan rings is 1. The molecule has 38 heavy (non-hydrogen) atoms. The molecule has 0 saturated carbocycles. The van der Waals surface area contributed by atoms with Gasteiger partial charge in [0.1, 0.15) is 22.7 Å². The molecule has 3 aromatic carbocycles. The monoisotopic (exact) mass is 512 g/mol. The SMILES string of the molecule is CCOC(=O)c1c(-c2ccccc2)oc2ccc(OC(=O)C3CCN(C(=O)Nc4ccccc4)CC3)cc12. The molecule has 4 aromatic rings. The topological polar surface area (TPSA) is 98.1 Å². The van der Waals surface area contributed by atoms with E-state index >= 15 is 0 Å². The van der Waals surface area contributed by atoms with E-state index in [1.807, 2.05) is 60.7 Å². The maximum atomic E-state index is 13.0. The molecule has 1 saturated heterocycles. The molecule has 194 valence electrons. The van der Waals surface area contributed by atoms with Crippen LogP contribution in [0.25, 0.3) is 22.3 Å². The van der Waals surface area contributed by atoms with Crippen molar-refractivity contribution in [3.05, 3.63) is 84.4 Å². The zero-order valence-electron chi connectivity index (χ0n) is 21.0. The fraction of sp³-hybridized carbons (Fsp3) is 0.233.